The molecule has 140 valence electrons. The Bertz CT molecular complexity index is 865. The van der Waals surface area contributed by atoms with Gasteiger partial charge in [-0.2, -0.15) is 5.10 Å². The van der Waals surface area contributed by atoms with Gasteiger partial charge in [-0.05, 0) is 35.9 Å². The van der Waals surface area contributed by atoms with Crippen LogP contribution in [0.5, 0.6) is 5.75 Å². The van der Waals surface area contributed by atoms with E-state index >= 15 is 0 Å². The van der Waals surface area contributed by atoms with Gasteiger partial charge in [0.25, 0.3) is 5.91 Å². The summed E-state index contributed by atoms with van der Waals surface area (Å²) in [4.78, 5) is 23.4. The normalized spacial score (nSPS) is 10.9. The van der Waals surface area contributed by atoms with Crippen molar-refractivity contribution >= 4 is 47.3 Å². The molecule has 2 amide bonds. The fourth-order valence-electron chi connectivity index (χ4n) is 1.93. The Kier molecular flexibility index (Phi) is 7.85. The van der Waals surface area contributed by atoms with Crippen molar-refractivity contribution in [3.05, 3.63) is 69.7 Å². The number of amides is 2. The van der Waals surface area contributed by atoms with Crippen LogP contribution in [0.4, 0.5) is 0 Å². The molecule has 2 rings (SSSR count). The number of nitrogens with one attached hydrogen (secondary N) is 2. The van der Waals surface area contributed by atoms with Crippen LogP contribution >= 0.6 is 23.2 Å². The molecule has 0 saturated heterocycles. The molecule has 2 aromatic carbocycles. The van der Waals surface area contributed by atoms with Crippen molar-refractivity contribution in [2.24, 2.45) is 5.10 Å². The minimum absolute atomic E-state index is 0.211. The Labute approximate surface area is 166 Å². The summed E-state index contributed by atoms with van der Waals surface area (Å²) in [5, 5.41) is 7.17. The van der Waals surface area contributed by atoms with Crippen molar-refractivity contribution in [1.82, 2.24) is 10.7 Å². The van der Waals surface area contributed by atoms with Crippen LogP contribution in [0.15, 0.2) is 53.6 Å². The highest BCUT2D eigenvalue weighted by atomic mass is 35.5. The van der Waals surface area contributed by atoms with Gasteiger partial charge in [-0.25, -0.2) is 5.43 Å². The highest BCUT2D eigenvalue weighted by molar-refractivity contribution is 6.36. The fraction of sp³-hybridized carbons (Fsp3) is 0.105. The van der Waals surface area contributed by atoms with Gasteiger partial charge in [0.15, 0.2) is 0 Å². The van der Waals surface area contributed by atoms with E-state index in [0.29, 0.717) is 15.6 Å². The van der Waals surface area contributed by atoms with Gasteiger partial charge in [0, 0.05) is 16.7 Å². The molecule has 0 aromatic heterocycles. The Morgan fingerprint density at radius 2 is 1.89 bits per heavy atom. The molecule has 0 spiro atoms. The van der Waals surface area contributed by atoms with Crippen molar-refractivity contribution < 1.29 is 14.3 Å². The Morgan fingerprint density at radius 3 is 2.56 bits per heavy atom. The van der Waals surface area contributed by atoms with Crippen molar-refractivity contribution in [3.63, 3.8) is 0 Å². The van der Waals surface area contributed by atoms with Crippen LogP contribution in [0.25, 0.3) is 6.08 Å². The summed E-state index contributed by atoms with van der Waals surface area (Å²) in [7, 11) is 1.58. The summed E-state index contributed by atoms with van der Waals surface area (Å²) >= 11 is 11.8. The van der Waals surface area contributed by atoms with Gasteiger partial charge in [0.1, 0.15) is 5.75 Å². The number of halogens is 2. The average molecular weight is 406 g/mol. The first-order valence-electron chi connectivity index (χ1n) is 7.85. The van der Waals surface area contributed by atoms with Gasteiger partial charge in [-0.1, -0.05) is 41.4 Å². The molecule has 0 heterocycles. The Morgan fingerprint density at radius 1 is 1.15 bits per heavy atom. The van der Waals surface area contributed by atoms with E-state index in [9.17, 15) is 9.59 Å². The quantitative estimate of drug-likeness (QED) is 0.421. The molecule has 8 heteroatoms. The fourth-order valence-corrected chi connectivity index (χ4v) is 2.39. The second-order valence-corrected chi connectivity index (χ2v) is 6.13. The zero-order chi connectivity index (χ0) is 19.6. The van der Waals surface area contributed by atoms with E-state index in [1.54, 1.807) is 43.5 Å². The van der Waals surface area contributed by atoms with Gasteiger partial charge < -0.3 is 10.1 Å². The number of rotatable bonds is 7. The maximum absolute atomic E-state index is 11.7. The zero-order valence-electron chi connectivity index (χ0n) is 14.4. The lowest BCUT2D eigenvalue weighted by atomic mass is 10.2. The highest BCUT2D eigenvalue weighted by Crippen LogP contribution is 2.19. The van der Waals surface area contributed by atoms with Gasteiger partial charge in [0.2, 0.25) is 5.91 Å². The van der Waals surface area contributed by atoms with E-state index in [4.69, 9.17) is 27.9 Å². The lowest BCUT2D eigenvalue weighted by Gasteiger charge is -2.02. The number of hydrogen-bond acceptors (Lipinski definition) is 4. The largest absolute Gasteiger partial charge is 0.497 e. The van der Waals surface area contributed by atoms with Crippen LogP contribution in [-0.4, -0.2) is 31.7 Å². The van der Waals surface area contributed by atoms with Crippen LogP contribution < -0.4 is 15.5 Å². The van der Waals surface area contributed by atoms with Crippen LogP contribution in [0.2, 0.25) is 10.0 Å². The Balaban J connectivity index is 1.76. The van der Waals surface area contributed by atoms with Gasteiger partial charge in [0.05, 0.1) is 24.9 Å². The topological polar surface area (TPSA) is 79.8 Å². The number of carbonyl (C=O) groups excluding carboxylic acids is 2. The highest BCUT2D eigenvalue weighted by Gasteiger charge is 2.02. The molecule has 0 aliphatic rings. The molecule has 0 aliphatic heterocycles. The van der Waals surface area contributed by atoms with E-state index in [1.165, 1.54) is 12.3 Å². The third-order valence-electron chi connectivity index (χ3n) is 3.32. The monoisotopic (exact) mass is 405 g/mol. The third-order valence-corrected chi connectivity index (χ3v) is 3.88. The van der Waals surface area contributed by atoms with Gasteiger partial charge in [-0.3, -0.25) is 9.59 Å². The van der Waals surface area contributed by atoms with Crippen LogP contribution in [0.3, 0.4) is 0 Å². The maximum atomic E-state index is 11.7. The van der Waals surface area contributed by atoms with Crippen molar-refractivity contribution in [2.75, 3.05) is 13.7 Å². The standard InChI is InChI=1S/C19H17Cl2N3O3/c1-27-16-7-2-13(3-8-16)4-9-18(25)22-12-19(26)24-23-11-14-5-6-15(20)10-17(14)21/h2-11H,12H2,1H3,(H,22,25)(H,24,26)/b9-4+,23-11-. The number of nitrogens with zero attached hydrogens (tertiary/aromatic N) is 1. The van der Waals surface area contributed by atoms with Gasteiger partial charge in [-0.15, -0.1) is 0 Å². The van der Waals surface area contributed by atoms with Crippen LogP contribution in [-0.2, 0) is 9.59 Å². The molecule has 6 nitrogen and oxygen atoms in total. The first kappa shape index (κ1) is 20.5. The molecule has 0 unspecified atom stereocenters. The second kappa shape index (κ2) is 10.4. The molecule has 2 N–H and O–H groups in total. The lowest BCUT2D eigenvalue weighted by molar-refractivity contribution is -0.123. The second-order valence-electron chi connectivity index (χ2n) is 5.28. The summed E-state index contributed by atoms with van der Waals surface area (Å²) in [6.45, 7) is -0.211. The number of hydrazone groups is 1. The smallest absolute Gasteiger partial charge is 0.259 e. The van der Waals surface area contributed by atoms with Crippen LogP contribution in [0.1, 0.15) is 11.1 Å². The number of benzene rings is 2. The average Bonchev–Trinajstić information content (AvgIpc) is 2.67. The summed E-state index contributed by atoms with van der Waals surface area (Å²) < 4.78 is 5.06. The van der Waals surface area contributed by atoms with Crippen molar-refractivity contribution in [1.29, 1.82) is 0 Å². The molecule has 0 radical (unpaired) electrons. The molecular formula is C19H17Cl2N3O3. The molecule has 0 fully saturated rings. The minimum Gasteiger partial charge on any atom is -0.497 e. The third kappa shape index (κ3) is 7.13. The van der Waals surface area contributed by atoms with E-state index < -0.39 is 11.8 Å². The van der Waals surface area contributed by atoms with Crippen molar-refractivity contribution in [3.8, 4) is 5.75 Å². The lowest BCUT2D eigenvalue weighted by Crippen LogP contribution is -2.34. The molecule has 0 aliphatic carbocycles. The van der Waals surface area contributed by atoms with E-state index in [0.717, 1.165) is 11.3 Å². The minimum atomic E-state index is -0.470. The van der Waals surface area contributed by atoms with E-state index in [-0.39, 0.29) is 6.54 Å². The molecule has 0 bridgehead atoms. The SMILES string of the molecule is COc1ccc(/C=C/C(=O)NCC(=O)N/N=C\c2ccc(Cl)cc2Cl)cc1. The molecule has 27 heavy (non-hydrogen) atoms. The zero-order valence-corrected chi connectivity index (χ0v) is 15.9. The summed E-state index contributed by atoms with van der Waals surface area (Å²) in [6.07, 6.45) is 4.36. The van der Waals surface area contributed by atoms with Crippen LogP contribution in [0, 0.1) is 0 Å². The number of hydrogen-bond donors (Lipinski definition) is 2. The number of ether oxygens (including phenoxy) is 1. The summed E-state index contributed by atoms with van der Waals surface area (Å²) in [5.74, 6) is -0.137. The predicted molar refractivity (Wildman–Crippen MR) is 107 cm³/mol. The van der Waals surface area contributed by atoms with Crippen molar-refractivity contribution in [2.45, 2.75) is 0 Å². The Hall–Kier alpha value is -2.83. The summed E-state index contributed by atoms with van der Waals surface area (Å²) in [6, 6.07) is 12.1. The van der Waals surface area contributed by atoms with E-state index in [1.807, 2.05) is 12.1 Å². The van der Waals surface area contributed by atoms with Gasteiger partial charge >= 0.3 is 0 Å². The summed E-state index contributed by atoms with van der Waals surface area (Å²) in [5.41, 5.74) is 3.74. The number of methoxy groups -OCH3 is 1. The number of carbonyl (C=O) groups is 2. The predicted octanol–water partition coefficient (Wildman–Crippen LogP) is 3.28. The first-order chi connectivity index (χ1) is 13.0. The molecule has 0 saturated carbocycles. The van der Waals surface area contributed by atoms with E-state index in [2.05, 4.69) is 15.8 Å². The maximum Gasteiger partial charge on any atom is 0.259 e. The molecule has 2 aromatic rings. The molecular weight excluding hydrogens is 389 g/mol. The molecule has 0 atom stereocenters. The first-order valence-corrected chi connectivity index (χ1v) is 8.60.